The maximum atomic E-state index is 13.7. The molecule has 2 amide bonds. The van der Waals surface area contributed by atoms with Crippen molar-refractivity contribution in [2.45, 2.75) is 32.7 Å². The number of anilines is 1. The Hall–Kier alpha value is -1.63. The van der Waals surface area contributed by atoms with Crippen LogP contribution in [0.2, 0.25) is 0 Å². The number of carboxylic acids is 1. The monoisotopic (exact) mass is 360 g/mol. The highest BCUT2D eigenvalue weighted by Crippen LogP contribution is 2.22. The lowest BCUT2D eigenvalue weighted by Crippen LogP contribution is -2.48. The van der Waals surface area contributed by atoms with Crippen molar-refractivity contribution in [3.8, 4) is 0 Å². The SMILES string of the molecule is CC(C)(C)N(CCC(=O)O)C(=O)Nc1cc(Br)ccc1F. The molecule has 0 saturated heterocycles. The zero-order chi connectivity index (χ0) is 16.2. The van der Waals surface area contributed by atoms with Crippen molar-refractivity contribution >= 4 is 33.6 Å². The second-order valence-electron chi connectivity index (χ2n) is 5.52. The Balaban J connectivity index is 2.90. The normalized spacial score (nSPS) is 11.1. The third-order valence-electron chi connectivity index (χ3n) is 2.77. The number of rotatable bonds is 4. The van der Waals surface area contributed by atoms with Crippen LogP contribution in [0.15, 0.2) is 22.7 Å². The summed E-state index contributed by atoms with van der Waals surface area (Å²) < 4.78 is 14.3. The zero-order valence-corrected chi connectivity index (χ0v) is 13.7. The molecule has 0 atom stereocenters. The van der Waals surface area contributed by atoms with E-state index in [-0.39, 0.29) is 18.7 Å². The van der Waals surface area contributed by atoms with E-state index in [2.05, 4.69) is 21.2 Å². The van der Waals surface area contributed by atoms with Crippen LogP contribution >= 0.6 is 15.9 Å². The van der Waals surface area contributed by atoms with Gasteiger partial charge < -0.3 is 15.3 Å². The minimum absolute atomic E-state index is 0.0407. The van der Waals surface area contributed by atoms with Gasteiger partial charge in [-0.1, -0.05) is 15.9 Å². The number of hydrogen-bond acceptors (Lipinski definition) is 2. The number of urea groups is 1. The number of aliphatic carboxylic acids is 1. The molecule has 0 heterocycles. The van der Waals surface area contributed by atoms with E-state index in [0.29, 0.717) is 4.47 Å². The lowest BCUT2D eigenvalue weighted by atomic mass is 10.1. The fraction of sp³-hybridized carbons (Fsp3) is 0.429. The summed E-state index contributed by atoms with van der Waals surface area (Å²) >= 11 is 3.20. The third-order valence-corrected chi connectivity index (χ3v) is 3.27. The van der Waals surface area contributed by atoms with E-state index in [9.17, 15) is 14.0 Å². The zero-order valence-electron chi connectivity index (χ0n) is 12.1. The van der Waals surface area contributed by atoms with Gasteiger partial charge in [0.05, 0.1) is 12.1 Å². The maximum absolute atomic E-state index is 13.7. The molecule has 0 spiro atoms. The number of amides is 2. The first-order valence-electron chi connectivity index (χ1n) is 6.36. The van der Waals surface area contributed by atoms with E-state index in [1.165, 1.54) is 23.1 Å². The molecule has 1 aromatic carbocycles. The van der Waals surface area contributed by atoms with Crippen molar-refractivity contribution < 1.29 is 19.1 Å². The van der Waals surface area contributed by atoms with E-state index in [1.54, 1.807) is 20.8 Å². The van der Waals surface area contributed by atoms with Crippen molar-refractivity contribution in [2.24, 2.45) is 0 Å². The molecule has 0 aliphatic heterocycles. The highest BCUT2D eigenvalue weighted by Gasteiger charge is 2.27. The summed E-state index contributed by atoms with van der Waals surface area (Å²) in [6.07, 6.45) is -0.175. The fourth-order valence-electron chi connectivity index (χ4n) is 1.73. The summed E-state index contributed by atoms with van der Waals surface area (Å²) in [6.45, 7) is 5.39. The number of hydrogen-bond donors (Lipinski definition) is 2. The Labute approximate surface area is 131 Å². The molecule has 1 aromatic rings. The molecule has 1 rings (SSSR count). The average Bonchev–Trinajstić information content (AvgIpc) is 2.32. The second kappa shape index (κ2) is 6.89. The standard InChI is InChI=1S/C14H18BrFN2O3/c1-14(2,3)18(7-6-12(19)20)13(21)17-11-8-9(15)4-5-10(11)16/h4-5,8H,6-7H2,1-3H3,(H,17,21)(H,19,20). The number of carbonyl (C=O) groups excluding carboxylic acids is 1. The van der Waals surface area contributed by atoms with Crippen LogP contribution in [-0.4, -0.2) is 34.1 Å². The van der Waals surface area contributed by atoms with Crippen molar-refractivity contribution in [3.63, 3.8) is 0 Å². The molecule has 0 unspecified atom stereocenters. The molecule has 0 saturated carbocycles. The van der Waals surface area contributed by atoms with Crippen LogP contribution in [-0.2, 0) is 4.79 Å². The van der Waals surface area contributed by atoms with Gasteiger partial charge in [0.25, 0.3) is 0 Å². The van der Waals surface area contributed by atoms with Gasteiger partial charge in [0, 0.05) is 16.6 Å². The van der Waals surface area contributed by atoms with Gasteiger partial charge in [-0.3, -0.25) is 4.79 Å². The molecule has 21 heavy (non-hydrogen) atoms. The van der Waals surface area contributed by atoms with Crippen molar-refractivity contribution in [2.75, 3.05) is 11.9 Å². The number of carboxylic acid groups (broad SMARTS) is 1. The fourth-order valence-corrected chi connectivity index (χ4v) is 2.09. The smallest absolute Gasteiger partial charge is 0.322 e. The van der Waals surface area contributed by atoms with Gasteiger partial charge in [-0.15, -0.1) is 0 Å². The van der Waals surface area contributed by atoms with Crippen molar-refractivity contribution in [1.82, 2.24) is 4.90 Å². The highest BCUT2D eigenvalue weighted by molar-refractivity contribution is 9.10. The predicted octanol–water partition coefficient (Wildman–Crippen LogP) is 3.70. The van der Waals surface area contributed by atoms with Crippen molar-refractivity contribution in [1.29, 1.82) is 0 Å². The van der Waals surface area contributed by atoms with E-state index >= 15 is 0 Å². The molecule has 116 valence electrons. The minimum Gasteiger partial charge on any atom is -0.481 e. The second-order valence-corrected chi connectivity index (χ2v) is 6.44. The Morgan fingerprint density at radius 2 is 2.00 bits per heavy atom. The molecule has 0 fully saturated rings. The molecule has 7 heteroatoms. The van der Waals surface area contributed by atoms with Gasteiger partial charge in [0.2, 0.25) is 0 Å². The first-order valence-corrected chi connectivity index (χ1v) is 7.16. The maximum Gasteiger partial charge on any atom is 0.322 e. The average molecular weight is 361 g/mol. The van der Waals surface area contributed by atoms with Gasteiger partial charge in [0.15, 0.2) is 0 Å². The van der Waals surface area contributed by atoms with Crippen LogP contribution in [0.3, 0.4) is 0 Å². The Kier molecular flexibility index (Phi) is 5.71. The summed E-state index contributed by atoms with van der Waals surface area (Å²) in [5, 5.41) is 11.2. The van der Waals surface area contributed by atoms with Gasteiger partial charge in [-0.2, -0.15) is 0 Å². The molecule has 0 aromatic heterocycles. The van der Waals surface area contributed by atoms with Crippen molar-refractivity contribution in [3.05, 3.63) is 28.5 Å². The number of halogens is 2. The lowest BCUT2D eigenvalue weighted by molar-refractivity contribution is -0.137. The number of nitrogens with one attached hydrogen (secondary N) is 1. The first kappa shape index (κ1) is 17.4. The van der Waals surface area contributed by atoms with Gasteiger partial charge in [-0.25, -0.2) is 9.18 Å². The van der Waals surface area contributed by atoms with E-state index in [4.69, 9.17) is 5.11 Å². The molecular formula is C14H18BrFN2O3. The molecule has 2 N–H and O–H groups in total. The first-order chi connectivity index (χ1) is 9.61. The summed E-state index contributed by atoms with van der Waals surface area (Å²) in [6, 6.07) is 3.67. The highest BCUT2D eigenvalue weighted by atomic mass is 79.9. The Morgan fingerprint density at radius 1 is 1.38 bits per heavy atom. The van der Waals surface area contributed by atoms with Gasteiger partial charge in [-0.05, 0) is 39.0 Å². The topological polar surface area (TPSA) is 69.6 Å². The minimum atomic E-state index is -0.995. The molecule has 5 nitrogen and oxygen atoms in total. The summed E-state index contributed by atoms with van der Waals surface area (Å²) in [7, 11) is 0. The van der Waals surface area contributed by atoms with Crippen LogP contribution in [0, 0.1) is 5.82 Å². The quantitative estimate of drug-likeness (QED) is 0.859. The van der Waals surface area contributed by atoms with Crippen LogP contribution in [0.25, 0.3) is 0 Å². The van der Waals surface area contributed by atoms with Crippen LogP contribution < -0.4 is 5.32 Å². The third kappa shape index (κ3) is 5.34. The summed E-state index contributed by atoms with van der Waals surface area (Å²) in [5.74, 6) is -1.55. The lowest BCUT2D eigenvalue weighted by Gasteiger charge is -2.35. The number of benzene rings is 1. The Morgan fingerprint density at radius 3 is 2.52 bits per heavy atom. The Bertz CT molecular complexity index is 544. The summed E-state index contributed by atoms with van der Waals surface area (Å²) in [4.78, 5) is 24.3. The number of carbonyl (C=O) groups is 2. The largest absolute Gasteiger partial charge is 0.481 e. The van der Waals surface area contributed by atoms with Crippen LogP contribution in [0.5, 0.6) is 0 Å². The number of nitrogens with zero attached hydrogens (tertiary/aromatic N) is 1. The van der Waals surface area contributed by atoms with E-state index < -0.39 is 23.4 Å². The van der Waals surface area contributed by atoms with Crippen LogP contribution in [0.1, 0.15) is 27.2 Å². The van der Waals surface area contributed by atoms with Crippen LogP contribution in [0.4, 0.5) is 14.9 Å². The van der Waals surface area contributed by atoms with Gasteiger partial charge >= 0.3 is 12.0 Å². The summed E-state index contributed by atoms with van der Waals surface area (Å²) in [5.41, 5.74) is -0.541. The predicted molar refractivity (Wildman–Crippen MR) is 81.8 cm³/mol. The van der Waals surface area contributed by atoms with E-state index in [0.717, 1.165) is 0 Å². The molecule has 0 radical (unpaired) electrons. The molecule has 0 aliphatic carbocycles. The molecule has 0 aliphatic rings. The van der Waals surface area contributed by atoms with E-state index in [1.807, 2.05) is 0 Å². The molecular weight excluding hydrogens is 343 g/mol. The molecule has 0 bridgehead atoms. The van der Waals surface area contributed by atoms with Gasteiger partial charge in [0.1, 0.15) is 5.82 Å².